The highest BCUT2D eigenvalue weighted by Crippen LogP contribution is 2.33. The zero-order valence-corrected chi connectivity index (χ0v) is 12.9. The molecule has 2 N–H and O–H groups in total. The number of pyridine rings is 1. The predicted molar refractivity (Wildman–Crippen MR) is 85.7 cm³/mol. The van der Waals surface area contributed by atoms with Gasteiger partial charge in [-0.25, -0.2) is 0 Å². The van der Waals surface area contributed by atoms with Crippen LogP contribution in [0.15, 0.2) is 30.6 Å². The van der Waals surface area contributed by atoms with Crippen LogP contribution in [0.4, 0.5) is 5.69 Å². The SMILES string of the molecule is CC1(C(=O)Nc2ccc(Cl)c3ccncc23)CCNC(=O)C1. The van der Waals surface area contributed by atoms with Gasteiger partial charge in [-0.05, 0) is 24.6 Å². The summed E-state index contributed by atoms with van der Waals surface area (Å²) >= 11 is 6.17. The zero-order valence-electron chi connectivity index (χ0n) is 12.1. The number of rotatable bonds is 2. The van der Waals surface area contributed by atoms with E-state index in [0.717, 1.165) is 10.8 Å². The molecule has 1 aliphatic rings. The molecule has 0 saturated carbocycles. The van der Waals surface area contributed by atoms with Crippen molar-refractivity contribution < 1.29 is 9.59 Å². The van der Waals surface area contributed by atoms with Crippen molar-refractivity contribution in [3.63, 3.8) is 0 Å². The van der Waals surface area contributed by atoms with Crippen molar-refractivity contribution in [2.45, 2.75) is 19.8 Å². The van der Waals surface area contributed by atoms with E-state index in [-0.39, 0.29) is 18.2 Å². The Balaban J connectivity index is 1.92. The molecule has 114 valence electrons. The third-order valence-corrected chi connectivity index (χ3v) is 4.44. The van der Waals surface area contributed by atoms with Gasteiger partial charge in [-0.1, -0.05) is 18.5 Å². The maximum absolute atomic E-state index is 12.6. The smallest absolute Gasteiger partial charge is 0.230 e. The Morgan fingerprint density at radius 2 is 2.18 bits per heavy atom. The van der Waals surface area contributed by atoms with Gasteiger partial charge in [0.15, 0.2) is 0 Å². The highest BCUT2D eigenvalue weighted by atomic mass is 35.5. The molecule has 1 fully saturated rings. The second-order valence-electron chi connectivity index (χ2n) is 5.81. The first kappa shape index (κ1) is 14.8. The van der Waals surface area contributed by atoms with Gasteiger partial charge in [-0.15, -0.1) is 0 Å². The normalized spacial score (nSPS) is 21.5. The van der Waals surface area contributed by atoms with Crippen molar-refractivity contribution >= 4 is 39.9 Å². The summed E-state index contributed by atoms with van der Waals surface area (Å²) in [6, 6.07) is 5.31. The molecule has 6 heteroatoms. The van der Waals surface area contributed by atoms with E-state index in [4.69, 9.17) is 11.6 Å². The fraction of sp³-hybridized carbons (Fsp3) is 0.312. The van der Waals surface area contributed by atoms with Crippen LogP contribution in [0.2, 0.25) is 5.02 Å². The number of carbonyl (C=O) groups excluding carboxylic acids is 2. The van der Waals surface area contributed by atoms with E-state index in [1.807, 2.05) is 13.0 Å². The summed E-state index contributed by atoms with van der Waals surface area (Å²) < 4.78 is 0. The number of anilines is 1. The lowest BCUT2D eigenvalue weighted by atomic mass is 9.79. The fourth-order valence-electron chi connectivity index (χ4n) is 2.71. The first-order valence-electron chi connectivity index (χ1n) is 7.10. The molecule has 1 atom stereocenters. The number of carbonyl (C=O) groups is 2. The number of halogens is 1. The number of benzene rings is 1. The van der Waals surface area contributed by atoms with E-state index in [2.05, 4.69) is 15.6 Å². The van der Waals surface area contributed by atoms with Crippen LogP contribution in [-0.4, -0.2) is 23.3 Å². The molecule has 22 heavy (non-hydrogen) atoms. The third kappa shape index (κ3) is 2.64. The van der Waals surface area contributed by atoms with E-state index in [9.17, 15) is 9.59 Å². The molecule has 1 aromatic carbocycles. The molecule has 0 spiro atoms. The minimum Gasteiger partial charge on any atom is -0.356 e. The number of amides is 2. The lowest BCUT2D eigenvalue weighted by molar-refractivity contribution is -0.134. The third-order valence-electron chi connectivity index (χ3n) is 4.11. The number of fused-ring (bicyclic) bond motifs is 1. The molecule has 0 aliphatic carbocycles. The first-order chi connectivity index (χ1) is 10.5. The number of aromatic nitrogens is 1. The van der Waals surface area contributed by atoms with Crippen molar-refractivity contribution in [2.24, 2.45) is 5.41 Å². The highest BCUT2D eigenvalue weighted by Gasteiger charge is 2.38. The maximum atomic E-state index is 12.6. The Hall–Kier alpha value is -2.14. The monoisotopic (exact) mass is 317 g/mol. The van der Waals surface area contributed by atoms with Crippen molar-refractivity contribution in [3.05, 3.63) is 35.6 Å². The Kier molecular flexibility index (Phi) is 3.74. The molecule has 1 aliphatic heterocycles. The van der Waals surface area contributed by atoms with Crippen molar-refractivity contribution in [1.82, 2.24) is 10.3 Å². The van der Waals surface area contributed by atoms with Crippen LogP contribution in [0, 0.1) is 5.41 Å². The summed E-state index contributed by atoms with van der Waals surface area (Å²) in [7, 11) is 0. The van der Waals surface area contributed by atoms with Crippen molar-refractivity contribution in [2.75, 3.05) is 11.9 Å². The Labute approximate surface area is 133 Å². The molecule has 1 unspecified atom stereocenters. The number of nitrogens with zero attached hydrogens (tertiary/aromatic N) is 1. The van der Waals surface area contributed by atoms with E-state index in [1.54, 1.807) is 24.5 Å². The molecule has 2 aromatic rings. The summed E-state index contributed by atoms with van der Waals surface area (Å²) in [6.45, 7) is 2.34. The van der Waals surface area contributed by atoms with Gasteiger partial charge < -0.3 is 10.6 Å². The number of hydrogen-bond donors (Lipinski definition) is 2. The fourth-order valence-corrected chi connectivity index (χ4v) is 2.94. The van der Waals surface area contributed by atoms with Crippen LogP contribution in [0.3, 0.4) is 0 Å². The number of piperidine rings is 1. The standard InChI is InChI=1S/C16H16ClN3O2/c1-16(5-7-19-14(21)8-16)15(22)20-13-3-2-12(17)10-4-6-18-9-11(10)13/h2-4,6,9H,5,7-8H2,1H3,(H,19,21)(H,20,22). The van der Waals surface area contributed by atoms with Gasteiger partial charge >= 0.3 is 0 Å². The Morgan fingerprint density at radius 1 is 1.36 bits per heavy atom. The summed E-state index contributed by atoms with van der Waals surface area (Å²) in [6.07, 6.45) is 4.15. The highest BCUT2D eigenvalue weighted by molar-refractivity contribution is 6.36. The van der Waals surface area contributed by atoms with Gasteiger partial charge in [0.05, 0.1) is 11.1 Å². The topological polar surface area (TPSA) is 71.1 Å². The lowest BCUT2D eigenvalue weighted by Crippen LogP contribution is -2.45. The zero-order chi connectivity index (χ0) is 15.7. The molecular formula is C16H16ClN3O2. The van der Waals surface area contributed by atoms with Gasteiger partial charge in [-0.2, -0.15) is 0 Å². The lowest BCUT2D eigenvalue weighted by Gasteiger charge is -2.31. The van der Waals surface area contributed by atoms with E-state index in [1.165, 1.54) is 0 Å². The van der Waals surface area contributed by atoms with Gasteiger partial charge in [0.25, 0.3) is 0 Å². The van der Waals surface area contributed by atoms with Crippen molar-refractivity contribution in [1.29, 1.82) is 0 Å². The van der Waals surface area contributed by atoms with E-state index in [0.29, 0.717) is 23.7 Å². The van der Waals surface area contributed by atoms with E-state index < -0.39 is 5.41 Å². The molecule has 2 heterocycles. The van der Waals surface area contributed by atoms with Crippen molar-refractivity contribution in [3.8, 4) is 0 Å². The summed E-state index contributed by atoms with van der Waals surface area (Å²) in [5, 5.41) is 7.90. The second kappa shape index (κ2) is 5.57. The molecule has 1 saturated heterocycles. The van der Waals surface area contributed by atoms with Crippen LogP contribution < -0.4 is 10.6 Å². The van der Waals surface area contributed by atoms with Gasteiger partial charge in [0.2, 0.25) is 11.8 Å². The average Bonchev–Trinajstić information content (AvgIpc) is 2.50. The largest absolute Gasteiger partial charge is 0.356 e. The Morgan fingerprint density at radius 3 is 2.95 bits per heavy atom. The molecule has 3 rings (SSSR count). The first-order valence-corrected chi connectivity index (χ1v) is 7.48. The average molecular weight is 318 g/mol. The molecule has 2 amide bonds. The maximum Gasteiger partial charge on any atom is 0.230 e. The predicted octanol–water partition coefficient (Wildman–Crippen LogP) is 2.74. The van der Waals surface area contributed by atoms with Crippen LogP contribution in [0.5, 0.6) is 0 Å². The van der Waals surface area contributed by atoms with Gasteiger partial charge in [-0.3, -0.25) is 14.6 Å². The molecule has 5 nitrogen and oxygen atoms in total. The minimum absolute atomic E-state index is 0.0912. The molecular weight excluding hydrogens is 302 g/mol. The van der Waals surface area contributed by atoms with E-state index >= 15 is 0 Å². The molecule has 1 aromatic heterocycles. The van der Waals surface area contributed by atoms with Gasteiger partial charge in [0, 0.05) is 41.2 Å². The van der Waals surface area contributed by atoms with Crippen LogP contribution in [0.25, 0.3) is 10.8 Å². The molecule has 0 bridgehead atoms. The number of hydrogen-bond acceptors (Lipinski definition) is 3. The summed E-state index contributed by atoms with van der Waals surface area (Å²) in [5.74, 6) is -0.249. The summed E-state index contributed by atoms with van der Waals surface area (Å²) in [4.78, 5) is 28.3. The Bertz CT molecular complexity index is 762. The van der Waals surface area contributed by atoms with Crippen LogP contribution >= 0.6 is 11.6 Å². The van der Waals surface area contributed by atoms with Crippen LogP contribution in [0.1, 0.15) is 19.8 Å². The molecule has 0 radical (unpaired) electrons. The summed E-state index contributed by atoms with van der Waals surface area (Å²) in [5.41, 5.74) is -0.0408. The number of nitrogens with one attached hydrogen (secondary N) is 2. The van der Waals surface area contributed by atoms with Crippen LogP contribution in [-0.2, 0) is 9.59 Å². The van der Waals surface area contributed by atoms with Gasteiger partial charge in [0.1, 0.15) is 0 Å². The minimum atomic E-state index is -0.698. The quantitative estimate of drug-likeness (QED) is 0.894. The second-order valence-corrected chi connectivity index (χ2v) is 6.21.